The summed E-state index contributed by atoms with van der Waals surface area (Å²) in [5, 5.41) is 2.82. The quantitative estimate of drug-likeness (QED) is 0.330. The Morgan fingerprint density at radius 1 is 0.769 bits per heavy atom. The summed E-state index contributed by atoms with van der Waals surface area (Å²) in [5.74, 6) is 0. The number of benzene rings is 3. The van der Waals surface area contributed by atoms with Gasteiger partial charge in [0.1, 0.15) is 0 Å². The molecule has 0 aliphatic heterocycles. The second kappa shape index (κ2) is 5.31. The van der Waals surface area contributed by atoms with Gasteiger partial charge in [-0.1, -0.05) is 62.4 Å². The topological polar surface area (TPSA) is 0 Å². The molecule has 26 heavy (non-hydrogen) atoms. The molecule has 0 amide bonds. The number of allylic oxidation sites excluding steroid dienone is 2. The van der Waals surface area contributed by atoms with Crippen LogP contribution in [0.4, 0.5) is 0 Å². The third kappa shape index (κ3) is 1.95. The van der Waals surface area contributed by atoms with Gasteiger partial charge in [0, 0.05) is 25.6 Å². The van der Waals surface area contributed by atoms with Crippen molar-refractivity contribution >= 4 is 42.7 Å². The third-order valence-corrected chi connectivity index (χ3v) is 7.14. The summed E-state index contributed by atoms with van der Waals surface area (Å²) in [6.45, 7) is 9.32. The van der Waals surface area contributed by atoms with E-state index in [2.05, 4.69) is 88.4 Å². The fraction of sp³-hybridized carbons (Fsp3) is 0.200. The fourth-order valence-electron chi connectivity index (χ4n) is 4.84. The van der Waals surface area contributed by atoms with Crippen LogP contribution in [0.5, 0.6) is 0 Å². The second-order valence-corrected chi connectivity index (χ2v) is 8.98. The molecule has 0 saturated carbocycles. The lowest BCUT2D eigenvalue weighted by Crippen LogP contribution is -2.17. The van der Waals surface area contributed by atoms with Crippen LogP contribution in [0.25, 0.3) is 31.3 Å². The largest absolute Gasteiger partial charge is 0.135 e. The Morgan fingerprint density at radius 3 is 2.31 bits per heavy atom. The van der Waals surface area contributed by atoms with Crippen LogP contribution in [-0.2, 0) is 5.41 Å². The summed E-state index contributed by atoms with van der Waals surface area (Å²) in [4.78, 5) is 0. The van der Waals surface area contributed by atoms with Crippen molar-refractivity contribution in [2.24, 2.45) is 0 Å². The van der Waals surface area contributed by atoms with Crippen molar-refractivity contribution in [3.63, 3.8) is 0 Å². The van der Waals surface area contributed by atoms with Crippen molar-refractivity contribution in [1.29, 1.82) is 0 Å². The minimum atomic E-state index is 0.0166. The lowest BCUT2D eigenvalue weighted by molar-refractivity contribution is 0.704. The molecule has 1 aliphatic rings. The Bertz CT molecular complexity index is 1220. The van der Waals surface area contributed by atoms with E-state index < -0.39 is 0 Å². The molecule has 5 rings (SSSR count). The third-order valence-electron chi connectivity index (χ3n) is 6.01. The second-order valence-electron chi connectivity index (χ2n) is 7.90. The summed E-state index contributed by atoms with van der Waals surface area (Å²) in [6, 6.07) is 22.3. The van der Waals surface area contributed by atoms with Crippen LogP contribution >= 0.6 is 11.3 Å². The van der Waals surface area contributed by atoms with Gasteiger partial charge in [0.05, 0.1) is 0 Å². The smallest absolute Gasteiger partial charge is 0.0361 e. The van der Waals surface area contributed by atoms with Crippen molar-refractivity contribution in [2.45, 2.75) is 33.1 Å². The zero-order valence-corrected chi connectivity index (χ0v) is 16.5. The van der Waals surface area contributed by atoms with Gasteiger partial charge in [-0.25, -0.2) is 0 Å². The first-order valence-corrected chi connectivity index (χ1v) is 10.0. The lowest BCUT2D eigenvalue weighted by atomic mass is 9.76. The van der Waals surface area contributed by atoms with Crippen LogP contribution in [0.15, 0.2) is 60.7 Å². The Balaban J connectivity index is 1.94. The van der Waals surface area contributed by atoms with Crippen molar-refractivity contribution in [3.05, 3.63) is 82.9 Å². The summed E-state index contributed by atoms with van der Waals surface area (Å²) >= 11 is 1.91. The van der Waals surface area contributed by atoms with Crippen LogP contribution in [0.3, 0.4) is 0 Å². The summed E-state index contributed by atoms with van der Waals surface area (Å²) in [5.41, 5.74) is 8.60. The van der Waals surface area contributed by atoms with Crippen molar-refractivity contribution in [2.75, 3.05) is 0 Å². The van der Waals surface area contributed by atoms with Crippen LogP contribution in [0, 0.1) is 6.92 Å². The Labute approximate surface area is 158 Å². The fourth-order valence-corrected chi connectivity index (χ4v) is 5.95. The number of hydrogen-bond acceptors (Lipinski definition) is 1. The van der Waals surface area contributed by atoms with Gasteiger partial charge in [0.2, 0.25) is 0 Å². The van der Waals surface area contributed by atoms with Gasteiger partial charge in [-0.3, -0.25) is 0 Å². The van der Waals surface area contributed by atoms with Gasteiger partial charge in [-0.15, -0.1) is 11.3 Å². The first kappa shape index (κ1) is 15.8. The molecule has 0 radical (unpaired) electrons. The Kier molecular flexibility index (Phi) is 3.24. The van der Waals surface area contributed by atoms with Crippen LogP contribution in [-0.4, -0.2) is 0 Å². The first-order chi connectivity index (χ1) is 12.5. The van der Waals surface area contributed by atoms with Gasteiger partial charge >= 0.3 is 0 Å². The molecule has 0 saturated heterocycles. The number of rotatable bonds is 1. The van der Waals surface area contributed by atoms with Gasteiger partial charge in [0.15, 0.2) is 0 Å². The predicted octanol–water partition coefficient (Wildman–Crippen LogP) is 7.58. The molecule has 4 aromatic rings. The predicted molar refractivity (Wildman–Crippen MR) is 116 cm³/mol. The van der Waals surface area contributed by atoms with E-state index in [1.165, 1.54) is 53.6 Å². The molecule has 0 spiro atoms. The molecule has 0 fully saturated rings. The lowest BCUT2D eigenvalue weighted by Gasteiger charge is -2.27. The highest BCUT2D eigenvalue weighted by molar-refractivity contribution is 7.25. The van der Waals surface area contributed by atoms with Gasteiger partial charge in [-0.2, -0.15) is 0 Å². The summed E-state index contributed by atoms with van der Waals surface area (Å²) in [6.07, 6.45) is 0. The molecule has 128 valence electrons. The molecule has 0 nitrogen and oxygen atoms in total. The zero-order chi connectivity index (χ0) is 18.1. The number of aryl methyl sites for hydroxylation is 1. The van der Waals surface area contributed by atoms with Crippen LogP contribution in [0.2, 0.25) is 0 Å². The number of thiophene rings is 1. The Morgan fingerprint density at radius 2 is 1.50 bits per heavy atom. The standard InChI is InChI=1S/C25H22S/c1-15-13-14-21-23(18-10-6-8-12-20(18)26-21)22(15)24-16(2)17-9-5-7-11-19(17)25(24,3)4/h5-14H,1-4H3. The first-order valence-electron chi connectivity index (χ1n) is 9.22. The maximum absolute atomic E-state index is 2.38. The van der Waals surface area contributed by atoms with Gasteiger partial charge in [-0.05, 0) is 59.4 Å². The number of hydrogen-bond donors (Lipinski definition) is 0. The summed E-state index contributed by atoms with van der Waals surface area (Å²) in [7, 11) is 0. The SMILES string of the molecule is CC1=C(c2c(C)ccc3sc4ccccc4c23)C(C)(C)c2ccccc21. The molecule has 1 aromatic heterocycles. The monoisotopic (exact) mass is 354 g/mol. The molecule has 3 aromatic carbocycles. The van der Waals surface area contributed by atoms with E-state index in [1.807, 2.05) is 11.3 Å². The van der Waals surface area contributed by atoms with Crippen molar-refractivity contribution in [3.8, 4) is 0 Å². The van der Waals surface area contributed by atoms with Crippen LogP contribution in [0.1, 0.15) is 43.0 Å². The molecular formula is C25H22S. The molecular weight excluding hydrogens is 332 g/mol. The zero-order valence-electron chi connectivity index (χ0n) is 15.7. The maximum atomic E-state index is 2.38. The van der Waals surface area contributed by atoms with Crippen LogP contribution < -0.4 is 0 Å². The number of fused-ring (bicyclic) bond motifs is 4. The van der Waals surface area contributed by atoms with E-state index in [9.17, 15) is 0 Å². The molecule has 0 atom stereocenters. The minimum Gasteiger partial charge on any atom is -0.135 e. The highest BCUT2D eigenvalue weighted by Crippen LogP contribution is 2.53. The van der Waals surface area contributed by atoms with E-state index in [1.54, 1.807) is 0 Å². The average molecular weight is 355 g/mol. The highest BCUT2D eigenvalue weighted by Gasteiger charge is 2.38. The molecule has 0 N–H and O–H groups in total. The molecule has 1 heteroatoms. The normalized spacial score (nSPS) is 15.8. The molecule has 0 unspecified atom stereocenters. The minimum absolute atomic E-state index is 0.0166. The molecule has 0 bridgehead atoms. The molecule has 1 aliphatic carbocycles. The van der Waals surface area contributed by atoms with Crippen molar-refractivity contribution < 1.29 is 0 Å². The maximum Gasteiger partial charge on any atom is 0.0361 e. The van der Waals surface area contributed by atoms with E-state index in [0.29, 0.717) is 0 Å². The van der Waals surface area contributed by atoms with Gasteiger partial charge < -0.3 is 0 Å². The molecule has 1 heterocycles. The van der Waals surface area contributed by atoms with E-state index in [0.717, 1.165) is 0 Å². The van der Waals surface area contributed by atoms with Crippen molar-refractivity contribution in [1.82, 2.24) is 0 Å². The highest BCUT2D eigenvalue weighted by atomic mass is 32.1. The Hall–Kier alpha value is -2.38. The average Bonchev–Trinajstić information content (AvgIpc) is 3.10. The van der Waals surface area contributed by atoms with E-state index in [4.69, 9.17) is 0 Å². The van der Waals surface area contributed by atoms with Gasteiger partial charge in [0.25, 0.3) is 0 Å². The van der Waals surface area contributed by atoms with E-state index >= 15 is 0 Å². The summed E-state index contributed by atoms with van der Waals surface area (Å²) < 4.78 is 2.76. The van der Waals surface area contributed by atoms with E-state index in [-0.39, 0.29) is 5.41 Å².